The maximum Gasteiger partial charge on any atom is 0.122 e. The first-order chi connectivity index (χ1) is 9.55. The average molecular weight is 276 g/mol. The molecular formula is C17H28N2O. The summed E-state index contributed by atoms with van der Waals surface area (Å²) in [6, 6.07) is 8.46. The normalized spacial score (nSPS) is 18.8. The van der Waals surface area contributed by atoms with E-state index in [2.05, 4.69) is 49.9 Å². The largest absolute Gasteiger partial charge is 0.493 e. The van der Waals surface area contributed by atoms with Crippen molar-refractivity contribution in [1.82, 2.24) is 4.90 Å². The lowest BCUT2D eigenvalue weighted by Gasteiger charge is -2.35. The minimum Gasteiger partial charge on any atom is -0.493 e. The Hall–Kier alpha value is -1.06. The predicted molar refractivity (Wildman–Crippen MR) is 84.2 cm³/mol. The number of para-hydroxylation sites is 1. The second-order valence-electron chi connectivity index (χ2n) is 6.57. The van der Waals surface area contributed by atoms with Gasteiger partial charge in [0.15, 0.2) is 0 Å². The van der Waals surface area contributed by atoms with Crippen LogP contribution in [0.4, 0.5) is 0 Å². The highest BCUT2D eigenvalue weighted by molar-refractivity contribution is 5.37. The monoisotopic (exact) mass is 276 g/mol. The summed E-state index contributed by atoms with van der Waals surface area (Å²) in [7, 11) is 0. The van der Waals surface area contributed by atoms with E-state index in [0.717, 1.165) is 45.0 Å². The van der Waals surface area contributed by atoms with Gasteiger partial charge in [-0.05, 0) is 36.6 Å². The number of likely N-dealkylation sites (N-methyl/N-ethyl adjacent to an activating group) is 1. The molecule has 0 radical (unpaired) electrons. The van der Waals surface area contributed by atoms with Crippen molar-refractivity contribution in [3.63, 3.8) is 0 Å². The van der Waals surface area contributed by atoms with Gasteiger partial charge in [-0.3, -0.25) is 0 Å². The molecule has 1 aromatic rings. The Balaban J connectivity index is 2.05. The second-order valence-corrected chi connectivity index (χ2v) is 6.57. The van der Waals surface area contributed by atoms with Gasteiger partial charge in [-0.1, -0.05) is 39.0 Å². The molecule has 0 spiro atoms. The van der Waals surface area contributed by atoms with Crippen molar-refractivity contribution in [1.29, 1.82) is 0 Å². The zero-order chi connectivity index (χ0) is 14.6. The Morgan fingerprint density at radius 1 is 1.35 bits per heavy atom. The van der Waals surface area contributed by atoms with Crippen LogP contribution in [0.1, 0.15) is 38.7 Å². The molecule has 3 heteroatoms. The Kier molecular flexibility index (Phi) is 5.06. The highest BCUT2D eigenvalue weighted by Crippen LogP contribution is 2.34. The zero-order valence-electron chi connectivity index (χ0n) is 13.1. The summed E-state index contributed by atoms with van der Waals surface area (Å²) in [5.41, 5.74) is 7.42. The summed E-state index contributed by atoms with van der Waals surface area (Å²) in [6.45, 7) is 11.5. The van der Waals surface area contributed by atoms with Crippen molar-refractivity contribution in [3.8, 4) is 5.75 Å². The SMILES string of the molecule is CCN(CC1CCOc2ccccc21)CC(C)(C)CN. The third-order valence-electron chi connectivity index (χ3n) is 4.21. The lowest BCUT2D eigenvalue weighted by molar-refractivity contribution is 0.165. The van der Waals surface area contributed by atoms with E-state index in [-0.39, 0.29) is 5.41 Å². The molecule has 0 bridgehead atoms. The molecule has 0 saturated heterocycles. The number of benzene rings is 1. The van der Waals surface area contributed by atoms with Gasteiger partial charge in [-0.15, -0.1) is 0 Å². The van der Waals surface area contributed by atoms with Gasteiger partial charge >= 0.3 is 0 Å². The van der Waals surface area contributed by atoms with Crippen molar-refractivity contribution in [2.45, 2.75) is 33.1 Å². The lowest BCUT2D eigenvalue weighted by atomic mass is 9.90. The van der Waals surface area contributed by atoms with Gasteiger partial charge in [0.2, 0.25) is 0 Å². The van der Waals surface area contributed by atoms with E-state index in [1.54, 1.807) is 0 Å². The molecular weight excluding hydrogens is 248 g/mol. The van der Waals surface area contributed by atoms with E-state index in [1.807, 2.05) is 0 Å². The van der Waals surface area contributed by atoms with Crippen LogP contribution in [0, 0.1) is 5.41 Å². The van der Waals surface area contributed by atoms with Crippen LogP contribution in [0.25, 0.3) is 0 Å². The fourth-order valence-electron chi connectivity index (χ4n) is 2.89. The lowest BCUT2D eigenvalue weighted by Crippen LogP contribution is -2.41. The maximum atomic E-state index is 5.87. The van der Waals surface area contributed by atoms with Crippen LogP contribution in [0.3, 0.4) is 0 Å². The summed E-state index contributed by atoms with van der Waals surface area (Å²) in [5.74, 6) is 1.64. The molecule has 2 rings (SSSR count). The highest BCUT2D eigenvalue weighted by atomic mass is 16.5. The molecule has 20 heavy (non-hydrogen) atoms. The number of nitrogens with two attached hydrogens (primary N) is 1. The summed E-state index contributed by atoms with van der Waals surface area (Å²) in [4.78, 5) is 2.53. The van der Waals surface area contributed by atoms with Gasteiger partial charge in [-0.2, -0.15) is 0 Å². The minimum absolute atomic E-state index is 0.181. The van der Waals surface area contributed by atoms with E-state index in [0.29, 0.717) is 5.92 Å². The van der Waals surface area contributed by atoms with Gasteiger partial charge < -0.3 is 15.4 Å². The molecule has 1 atom stereocenters. The van der Waals surface area contributed by atoms with Crippen molar-refractivity contribution < 1.29 is 4.74 Å². The van der Waals surface area contributed by atoms with Gasteiger partial charge in [0.25, 0.3) is 0 Å². The molecule has 2 N–H and O–H groups in total. The zero-order valence-corrected chi connectivity index (χ0v) is 13.1. The first kappa shape index (κ1) is 15.3. The second kappa shape index (κ2) is 6.59. The van der Waals surface area contributed by atoms with Crippen LogP contribution in [0.15, 0.2) is 24.3 Å². The molecule has 0 aromatic heterocycles. The summed E-state index contributed by atoms with van der Waals surface area (Å²) >= 11 is 0. The number of hydrogen-bond donors (Lipinski definition) is 1. The highest BCUT2D eigenvalue weighted by Gasteiger charge is 2.25. The van der Waals surface area contributed by atoms with Crippen molar-refractivity contribution >= 4 is 0 Å². The summed E-state index contributed by atoms with van der Waals surface area (Å²) in [6.07, 6.45) is 1.11. The summed E-state index contributed by atoms with van der Waals surface area (Å²) < 4.78 is 5.75. The molecule has 0 aliphatic carbocycles. The molecule has 0 amide bonds. The molecule has 1 aliphatic heterocycles. The van der Waals surface area contributed by atoms with Crippen LogP contribution in [-0.4, -0.2) is 37.7 Å². The van der Waals surface area contributed by atoms with E-state index >= 15 is 0 Å². The Bertz CT molecular complexity index is 431. The molecule has 1 aromatic carbocycles. The first-order valence-corrected chi connectivity index (χ1v) is 7.70. The number of hydrogen-bond acceptors (Lipinski definition) is 3. The van der Waals surface area contributed by atoms with E-state index < -0.39 is 0 Å². The molecule has 112 valence electrons. The molecule has 1 aliphatic rings. The van der Waals surface area contributed by atoms with Crippen LogP contribution >= 0.6 is 0 Å². The topological polar surface area (TPSA) is 38.5 Å². The summed E-state index contributed by atoms with van der Waals surface area (Å²) in [5, 5.41) is 0. The third kappa shape index (κ3) is 3.74. The predicted octanol–water partition coefficient (Wildman–Crippen LogP) is 2.86. The number of ether oxygens (including phenoxy) is 1. The van der Waals surface area contributed by atoms with Crippen LogP contribution in [0.5, 0.6) is 5.75 Å². The van der Waals surface area contributed by atoms with Crippen molar-refractivity contribution in [2.75, 3.05) is 32.8 Å². The van der Waals surface area contributed by atoms with E-state index in [4.69, 9.17) is 10.5 Å². The molecule has 3 nitrogen and oxygen atoms in total. The first-order valence-electron chi connectivity index (χ1n) is 7.70. The fourth-order valence-corrected chi connectivity index (χ4v) is 2.89. The van der Waals surface area contributed by atoms with Crippen molar-refractivity contribution in [3.05, 3.63) is 29.8 Å². The van der Waals surface area contributed by atoms with Crippen LogP contribution < -0.4 is 10.5 Å². The van der Waals surface area contributed by atoms with Gasteiger partial charge in [0.05, 0.1) is 6.61 Å². The molecule has 1 heterocycles. The van der Waals surface area contributed by atoms with Gasteiger partial charge in [0, 0.05) is 19.0 Å². The minimum atomic E-state index is 0.181. The van der Waals surface area contributed by atoms with Crippen LogP contribution in [0.2, 0.25) is 0 Å². The van der Waals surface area contributed by atoms with Gasteiger partial charge in [-0.25, -0.2) is 0 Å². The smallest absolute Gasteiger partial charge is 0.122 e. The number of fused-ring (bicyclic) bond motifs is 1. The van der Waals surface area contributed by atoms with Gasteiger partial charge in [0.1, 0.15) is 5.75 Å². The average Bonchev–Trinajstić information content (AvgIpc) is 2.46. The molecule has 0 saturated carbocycles. The number of nitrogens with zero attached hydrogens (tertiary/aromatic N) is 1. The van der Waals surface area contributed by atoms with E-state index in [1.165, 1.54) is 5.56 Å². The fraction of sp³-hybridized carbons (Fsp3) is 0.647. The third-order valence-corrected chi connectivity index (χ3v) is 4.21. The van der Waals surface area contributed by atoms with Crippen molar-refractivity contribution in [2.24, 2.45) is 11.1 Å². The Morgan fingerprint density at radius 3 is 2.80 bits per heavy atom. The Morgan fingerprint density at radius 2 is 2.10 bits per heavy atom. The number of rotatable bonds is 6. The Labute approximate surface area is 123 Å². The molecule has 1 unspecified atom stereocenters. The maximum absolute atomic E-state index is 5.87. The van der Waals surface area contributed by atoms with E-state index in [9.17, 15) is 0 Å². The standard InChI is InChI=1S/C17H28N2O/c1-4-19(13-17(2,3)12-18)11-14-9-10-20-16-8-6-5-7-15(14)16/h5-8,14H,4,9-13,18H2,1-3H3. The molecule has 0 fully saturated rings. The van der Waals surface area contributed by atoms with Crippen LogP contribution in [-0.2, 0) is 0 Å². The quantitative estimate of drug-likeness (QED) is 0.868.